The molecule has 0 N–H and O–H groups in total. The summed E-state index contributed by atoms with van der Waals surface area (Å²) in [7, 11) is 0. The number of carbonyl (C=O) groups is 1. The van der Waals surface area contributed by atoms with Gasteiger partial charge in [-0.05, 0) is 86.3 Å². The fourth-order valence-electron chi connectivity index (χ4n) is 6.69. The number of hydrogen-bond donors (Lipinski definition) is 0. The van der Waals surface area contributed by atoms with Crippen LogP contribution in [-0.4, -0.2) is 5.97 Å². The quantitative estimate of drug-likeness (QED) is 0.115. The van der Waals surface area contributed by atoms with Crippen LogP contribution in [0.3, 0.4) is 0 Å². The molecule has 0 aliphatic heterocycles. The molecule has 0 saturated heterocycles. The summed E-state index contributed by atoms with van der Waals surface area (Å²) in [6.45, 7) is 8.61. The van der Waals surface area contributed by atoms with Gasteiger partial charge >= 0.3 is 5.97 Å². The number of ether oxygens (including phenoxy) is 1. The van der Waals surface area contributed by atoms with Crippen LogP contribution in [0.4, 0.5) is 0 Å². The molecule has 0 bridgehead atoms. The zero-order valence-electron chi connectivity index (χ0n) is 22.8. The third-order valence-corrected chi connectivity index (χ3v) is 9.02. The van der Waals surface area contributed by atoms with Gasteiger partial charge in [-0.15, -0.1) is 6.58 Å². The zero-order chi connectivity index (χ0) is 24.9. The number of esters is 1. The van der Waals surface area contributed by atoms with E-state index >= 15 is 0 Å². The average molecular weight is 481 g/mol. The molecule has 2 saturated carbocycles. The predicted octanol–water partition coefficient (Wildman–Crippen LogP) is 10.0. The number of benzene rings is 1. The highest BCUT2D eigenvalue weighted by Crippen LogP contribution is 2.42. The Balaban J connectivity index is 1.47. The van der Waals surface area contributed by atoms with Gasteiger partial charge in [0, 0.05) is 0 Å². The second kappa shape index (κ2) is 15.5. The third-order valence-electron chi connectivity index (χ3n) is 9.02. The van der Waals surface area contributed by atoms with Crippen molar-refractivity contribution in [2.45, 2.75) is 129 Å². The molecule has 2 aliphatic carbocycles. The minimum Gasteiger partial charge on any atom is -0.426 e. The van der Waals surface area contributed by atoms with E-state index in [-0.39, 0.29) is 11.9 Å². The minimum atomic E-state index is -0.0196. The van der Waals surface area contributed by atoms with E-state index in [0.29, 0.717) is 11.7 Å². The summed E-state index contributed by atoms with van der Waals surface area (Å²) in [5, 5.41) is 0. The Bertz CT molecular complexity index is 720. The Morgan fingerprint density at radius 3 is 1.91 bits per heavy atom. The summed E-state index contributed by atoms with van der Waals surface area (Å²) in [5.41, 5.74) is 1.38. The molecule has 0 amide bonds. The van der Waals surface area contributed by atoms with Crippen molar-refractivity contribution in [3.05, 3.63) is 42.5 Å². The summed E-state index contributed by atoms with van der Waals surface area (Å²) in [6, 6.07) is 8.45. The molecule has 1 unspecified atom stereocenters. The maximum atomic E-state index is 12.8. The van der Waals surface area contributed by atoms with Crippen molar-refractivity contribution >= 4 is 5.97 Å². The second-order valence-electron chi connectivity index (χ2n) is 11.6. The highest BCUT2D eigenvalue weighted by atomic mass is 16.5. The third kappa shape index (κ3) is 9.10. The van der Waals surface area contributed by atoms with E-state index in [1.165, 1.54) is 95.5 Å². The normalized spacial score (nSPS) is 25.7. The van der Waals surface area contributed by atoms with Crippen molar-refractivity contribution in [1.82, 2.24) is 0 Å². The number of rotatable bonds is 14. The molecule has 0 heterocycles. The van der Waals surface area contributed by atoms with Gasteiger partial charge in [0.1, 0.15) is 5.75 Å². The first-order chi connectivity index (χ1) is 17.1. The van der Waals surface area contributed by atoms with Crippen LogP contribution < -0.4 is 4.74 Å². The van der Waals surface area contributed by atoms with Gasteiger partial charge < -0.3 is 4.74 Å². The van der Waals surface area contributed by atoms with Crippen LogP contribution in [0.5, 0.6) is 5.75 Å². The van der Waals surface area contributed by atoms with Crippen molar-refractivity contribution in [1.29, 1.82) is 0 Å². The van der Waals surface area contributed by atoms with Crippen LogP contribution in [0.1, 0.15) is 134 Å². The van der Waals surface area contributed by atoms with Crippen LogP contribution in [0.25, 0.3) is 0 Å². The number of unbranched alkanes of at least 4 members (excludes halogenated alkanes) is 4. The van der Waals surface area contributed by atoms with Crippen LogP contribution in [0, 0.1) is 23.7 Å². The van der Waals surface area contributed by atoms with Crippen molar-refractivity contribution in [3.8, 4) is 5.75 Å². The molecule has 0 spiro atoms. The van der Waals surface area contributed by atoms with Crippen LogP contribution in [-0.2, 0) is 4.79 Å². The largest absolute Gasteiger partial charge is 0.426 e. The van der Waals surface area contributed by atoms with E-state index in [9.17, 15) is 4.79 Å². The van der Waals surface area contributed by atoms with Crippen molar-refractivity contribution < 1.29 is 9.53 Å². The summed E-state index contributed by atoms with van der Waals surface area (Å²) in [6.07, 6.45) is 23.8. The van der Waals surface area contributed by atoms with E-state index in [2.05, 4.69) is 38.6 Å². The average Bonchev–Trinajstić information content (AvgIpc) is 2.89. The smallest absolute Gasteiger partial charge is 0.314 e. The van der Waals surface area contributed by atoms with E-state index in [1.54, 1.807) is 0 Å². The first-order valence-corrected chi connectivity index (χ1v) is 15.1. The monoisotopic (exact) mass is 480 g/mol. The number of carbonyl (C=O) groups excluding carboxylic acids is 1. The Hall–Kier alpha value is -1.57. The summed E-state index contributed by atoms with van der Waals surface area (Å²) >= 11 is 0. The Morgan fingerprint density at radius 2 is 1.40 bits per heavy atom. The van der Waals surface area contributed by atoms with Crippen LogP contribution >= 0.6 is 0 Å². The first-order valence-electron chi connectivity index (χ1n) is 15.1. The Morgan fingerprint density at radius 1 is 0.857 bits per heavy atom. The minimum absolute atomic E-state index is 0.0196. The fourth-order valence-corrected chi connectivity index (χ4v) is 6.69. The van der Waals surface area contributed by atoms with Gasteiger partial charge in [0.2, 0.25) is 0 Å². The molecule has 3 rings (SSSR count). The van der Waals surface area contributed by atoms with E-state index in [4.69, 9.17) is 4.74 Å². The van der Waals surface area contributed by atoms with E-state index < -0.39 is 0 Å². The van der Waals surface area contributed by atoms with Gasteiger partial charge in [-0.2, -0.15) is 0 Å². The van der Waals surface area contributed by atoms with Crippen LogP contribution in [0.15, 0.2) is 36.9 Å². The lowest BCUT2D eigenvalue weighted by molar-refractivity contribution is -0.140. The molecule has 35 heavy (non-hydrogen) atoms. The SMILES string of the molecule is C=CCC(c1ccc(OC(=O)C2CCC(CCCCC)CC2)cc1)C1CCC(CCCCC)CC1. The first kappa shape index (κ1) is 28.0. The molecule has 1 aromatic carbocycles. The molecule has 0 radical (unpaired) electrons. The highest BCUT2D eigenvalue weighted by molar-refractivity contribution is 5.75. The summed E-state index contributed by atoms with van der Waals surface area (Å²) in [5.74, 6) is 3.81. The molecule has 0 aromatic heterocycles. The van der Waals surface area contributed by atoms with Gasteiger partial charge in [-0.25, -0.2) is 0 Å². The fraction of sp³-hybridized carbons (Fsp3) is 0.727. The molecule has 2 heteroatoms. The van der Waals surface area contributed by atoms with Gasteiger partial charge in [-0.3, -0.25) is 4.79 Å². The standard InChI is InChI=1S/C33H52O2/c1-4-7-9-12-26-14-18-28(19-15-26)32(11-6-3)29-22-24-31(25-23-29)35-33(34)30-20-16-27(17-21-30)13-10-8-5-2/h6,22-28,30,32H,3-5,7-21H2,1-2H3. The lowest BCUT2D eigenvalue weighted by atomic mass is 9.71. The van der Waals surface area contributed by atoms with Gasteiger partial charge in [0.15, 0.2) is 0 Å². The molecule has 2 nitrogen and oxygen atoms in total. The molecule has 196 valence electrons. The lowest BCUT2D eigenvalue weighted by Crippen LogP contribution is -2.25. The van der Waals surface area contributed by atoms with Crippen molar-refractivity contribution in [2.24, 2.45) is 23.7 Å². The Labute approximate surface area is 216 Å². The maximum Gasteiger partial charge on any atom is 0.314 e. The number of hydrogen-bond acceptors (Lipinski definition) is 2. The molecule has 1 aromatic rings. The Kier molecular flexibility index (Phi) is 12.4. The maximum absolute atomic E-state index is 12.8. The highest BCUT2D eigenvalue weighted by Gasteiger charge is 2.29. The molecule has 2 aliphatic rings. The summed E-state index contributed by atoms with van der Waals surface area (Å²) < 4.78 is 5.83. The predicted molar refractivity (Wildman–Crippen MR) is 149 cm³/mol. The van der Waals surface area contributed by atoms with Crippen molar-refractivity contribution in [3.63, 3.8) is 0 Å². The van der Waals surface area contributed by atoms with Crippen LogP contribution in [0.2, 0.25) is 0 Å². The van der Waals surface area contributed by atoms with Crippen molar-refractivity contribution in [2.75, 3.05) is 0 Å². The lowest BCUT2D eigenvalue weighted by Gasteiger charge is -2.34. The summed E-state index contributed by atoms with van der Waals surface area (Å²) in [4.78, 5) is 12.8. The van der Waals surface area contributed by atoms with E-state index in [1.807, 2.05) is 12.1 Å². The van der Waals surface area contributed by atoms with Gasteiger partial charge in [0.25, 0.3) is 0 Å². The molecule has 2 fully saturated rings. The van der Waals surface area contributed by atoms with Gasteiger partial charge in [-0.1, -0.05) is 96.3 Å². The topological polar surface area (TPSA) is 26.3 Å². The number of allylic oxidation sites excluding steroid dienone is 1. The molecular weight excluding hydrogens is 428 g/mol. The molecular formula is C33H52O2. The zero-order valence-corrected chi connectivity index (χ0v) is 22.8. The van der Waals surface area contributed by atoms with Gasteiger partial charge in [0.05, 0.1) is 5.92 Å². The molecule has 1 atom stereocenters. The van der Waals surface area contributed by atoms with E-state index in [0.717, 1.165) is 37.0 Å². The second-order valence-corrected chi connectivity index (χ2v) is 11.6.